The molecule has 2 saturated heterocycles. The smallest absolute Gasteiger partial charge is 0.277 e. The topological polar surface area (TPSA) is 83.6 Å². The van der Waals surface area contributed by atoms with Crippen molar-refractivity contribution in [3.05, 3.63) is 0 Å². The number of nitrogens with one attached hydrogen (secondary N) is 1. The van der Waals surface area contributed by atoms with E-state index in [4.69, 9.17) is 0 Å². The van der Waals surface area contributed by atoms with E-state index in [1.807, 2.05) is 0 Å². The van der Waals surface area contributed by atoms with Gasteiger partial charge >= 0.3 is 6.03 Å². The van der Waals surface area contributed by atoms with E-state index in [1.54, 1.807) is 0 Å². The van der Waals surface area contributed by atoms with Crippen molar-refractivity contribution in [2.24, 2.45) is 11.8 Å². The summed E-state index contributed by atoms with van der Waals surface area (Å²) in [4.78, 5) is 38.0. The van der Waals surface area contributed by atoms with E-state index >= 15 is 0 Å². The first-order chi connectivity index (χ1) is 10.1. The lowest BCUT2D eigenvalue weighted by molar-refractivity contribution is -0.146. The number of barbiturate groups is 1. The molecule has 3 fully saturated rings. The maximum Gasteiger partial charge on any atom is 0.331 e. The van der Waals surface area contributed by atoms with Gasteiger partial charge < -0.3 is 0 Å². The van der Waals surface area contributed by atoms with Gasteiger partial charge in [0.05, 0.1) is 0 Å². The molecule has 4 amide bonds. The number of nitrogens with zero attached hydrogens (tertiary/aromatic N) is 1. The minimum atomic E-state index is -0.842. The molecule has 2 heterocycles. The van der Waals surface area contributed by atoms with Crippen LogP contribution in [-0.2, 0) is 20.4 Å². The first kappa shape index (κ1) is 14.7. The van der Waals surface area contributed by atoms with E-state index in [0.717, 1.165) is 25.7 Å². The molecule has 0 aromatic carbocycles. The van der Waals surface area contributed by atoms with Crippen molar-refractivity contribution in [2.45, 2.75) is 44.6 Å². The minimum absolute atomic E-state index is 0.0609. The van der Waals surface area contributed by atoms with Crippen LogP contribution in [0, 0.1) is 11.8 Å². The van der Waals surface area contributed by atoms with Crippen LogP contribution in [0.15, 0.2) is 0 Å². The Bertz CT molecular complexity index is 491. The molecule has 1 N–H and O–H groups in total. The molecular weight excluding hydrogens is 292 g/mol. The standard InChI is InChI=1S/C14H20N2O4S/c17-12-11(9-3-1-2-4-9)13(18)16(14(19)15-12)10-5-7-21(20)8-6-10/h9-11H,1-8H2,(H,15,17,19). The second kappa shape index (κ2) is 5.87. The van der Waals surface area contributed by atoms with Crippen LogP contribution in [0.4, 0.5) is 4.79 Å². The lowest BCUT2D eigenvalue weighted by atomic mass is 9.87. The third-order valence-corrected chi connectivity index (χ3v) is 6.21. The lowest BCUT2D eigenvalue weighted by Crippen LogP contribution is -2.62. The zero-order valence-corrected chi connectivity index (χ0v) is 12.7. The molecule has 3 rings (SSSR count). The molecule has 1 atom stereocenters. The Morgan fingerprint density at radius 3 is 2.24 bits per heavy atom. The molecule has 1 unspecified atom stereocenters. The lowest BCUT2D eigenvalue weighted by Gasteiger charge is -2.38. The highest BCUT2D eigenvalue weighted by molar-refractivity contribution is 7.85. The van der Waals surface area contributed by atoms with Gasteiger partial charge in [-0.3, -0.25) is 24.0 Å². The summed E-state index contributed by atoms with van der Waals surface area (Å²) in [6.45, 7) is 0. The average molecular weight is 312 g/mol. The van der Waals surface area contributed by atoms with Crippen molar-refractivity contribution >= 4 is 28.6 Å². The van der Waals surface area contributed by atoms with Crippen molar-refractivity contribution in [1.82, 2.24) is 10.2 Å². The van der Waals surface area contributed by atoms with Gasteiger partial charge in [0.1, 0.15) is 5.92 Å². The summed E-state index contributed by atoms with van der Waals surface area (Å²) in [6.07, 6.45) is 4.96. The average Bonchev–Trinajstić information content (AvgIpc) is 2.94. The summed E-state index contributed by atoms with van der Waals surface area (Å²) in [5, 5.41) is 2.35. The summed E-state index contributed by atoms with van der Waals surface area (Å²) in [6, 6.07) is -0.816. The Labute approximate surface area is 126 Å². The maximum atomic E-state index is 12.7. The summed E-state index contributed by atoms with van der Waals surface area (Å²) in [7, 11) is -0.842. The molecule has 6 nitrogen and oxygen atoms in total. The zero-order valence-electron chi connectivity index (χ0n) is 11.9. The van der Waals surface area contributed by atoms with Crippen molar-refractivity contribution in [1.29, 1.82) is 0 Å². The highest BCUT2D eigenvalue weighted by Gasteiger charge is 2.47. The second-order valence-corrected chi connectivity index (χ2v) is 7.80. The number of imide groups is 2. The van der Waals surface area contributed by atoms with Crippen LogP contribution in [0.3, 0.4) is 0 Å². The molecule has 0 aromatic rings. The molecule has 1 saturated carbocycles. The molecule has 0 aromatic heterocycles. The maximum absolute atomic E-state index is 12.7. The summed E-state index contributed by atoms with van der Waals surface area (Å²) >= 11 is 0. The van der Waals surface area contributed by atoms with Gasteiger partial charge in [-0.25, -0.2) is 4.79 Å². The number of rotatable bonds is 2. The van der Waals surface area contributed by atoms with Gasteiger partial charge in [-0.1, -0.05) is 12.8 Å². The predicted octanol–water partition coefficient (Wildman–Crippen LogP) is 0.782. The molecule has 21 heavy (non-hydrogen) atoms. The van der Waals surface area contributed by atoms with E-state index < -0.39 is 28.7 Å². The fourth-order valence-electron chi connectivity index (χ4n) is 3.70. The van der Waals surface area contributed by atoms with Crippen LogP contribution >= 0.6 is 0 Å². The monoisotopic (exact) mass is 312 g/mol. The molecule has 0 spiro atoms. The SMILES string of the molecule is O=C1NC(=O)N(C2CCS(=O)CC2)C(=O)C1C1CCCC1. The van der Waals surface area contributed by atoms with Crippen molar-refractivity contribution in [2.75, 3.05) is 11.5 Å². The van der Waals surface area contributed by atoms with Crippen LogP contribution in [-0.4, -0.2) is 44.5 Å². The first-order valence-corrected chi connectivity index (χ1v) is 9.09. The van der Waals surface area contributed by atoms with Crippen LogP contribution in [0.1, 0.15) is 38.5 Å². The zero-order chi connectivity index (χ0) is 15.0. The van der Waals surface area contributed by atoms with Gasteiger partial charge in [0.25, 0.3) is 0 Å². The van der Waals surface area contributed by atoms with Gasteiger partial charge in [0, 0.05) is 28.3 Å². The molecule has 0 bridgehead atoms. The third kappa shape index (κ3) is 2.75. The van der Waals surface area contributed by atoms with Gasteiger partial charge in [-0.05, 0) is 31.6 Å². The Hall–Kier alpha value is -1.24. The Morgan fingerprint density at radius 1 is 1.00 bits per heavy atom. The largest absolute Gasteiger partial charge is 0.331 e. The number of amides is 4. The number of carbonyl (C=O) groups is 3. The predicted molar refractivity (Wildman–Crippen MR) is 76.7 cm³/mol. The first-order valence-electron chi connectivity index (χ1n) is 7.61. The fraction of sp³-hybridized carbons (Fsp3) is 0.786. The van der Waals surface area contributed by atoms with Gasteiger partial charge in [-0.15, -0.1) is 0 Å². The fourth-order valence-corrected chi connectivity index (χ4v) is 4.97. The quantitative estimate of drug-likeness (QED) is 0.764. The molecule has 3 aliphatic rings. The molecule has 7 heteroatoms. The summed E-state index contributed by atoms with van der Waals surface area (Å²) in [5.41, 5.74) is 0. The summed E-state index contributed by atoms with van der Waals surface area (Å²) in [5.74, 6) is -0.391. The number of urea groups is 1. The minimum Gasteiger partial charge on any atom is -0.277 e. The number of hydrogen-bond acceptors (Lipinski definition) is 4. The number of carbonyl (C=O) groups excluding carboxylic acids is 3. The Balaban J connectivity index is 1.79. The second-order valence-electron chi connectivity index (χ2n) is 6.10. The highest BCUT2D eigenvalue weighted by atomic mass is 32.2. The van der Waals surface area contributed by atoms with Gasteiger partial charge in [0.15, 0.2) is 0 Å². The van der Waals surface area contributed by atoms with Crippen LogP contribution in [0.2, 0.25) is 0 Å². The van der Waals surface area contributed by atoms with E-state index in [0.29, 0.717) is 24.3 Å². The van der Waals surface area contributed by atoms with E-state index in [1.165, 1.54) is 4.90 Å². The molecular formula is C14H20N2O4S. The van der Waals surface area contributed by atoms with Crippen LogP contribution < -0.4 is 5.32 Å². The summed E-state index contributed by atoms with van der Waals surface area (Å²) < 4.78 is 11.4. The van der Waals surface area contributed by atoms with E-state index in [2.05, 4.69) is 5.32 Å². The van der Waals surface area contributed by atoms with Crippen molar-refractivity contribution in [3.63, 3.8) is 0 Å². The van der Waals surface area contributed by atoms with Gasteiger partial charge in [0.2, 0.25) is 11.8 Å². The molecule has 1 aliphatic carbocycles. The van der Waals surface area contributed by atoms with Crippen molar-refractivity contribution in [3.8, 4) is 0 Å². The van der Waals surface area contributed by atoms with Crippen LogP contribution in [0.5, 0.6) is 0 Å². The van der Waals surface area contributed by atoms with Crippen molar-refractivity contribution < 1.29 is 18.6 Å². The molecule has 116 valence electrons. The third-order valence-electron chi connectivity index (χ3n) is 4.83. The molecule has 2 aliphatic heterocycles. The Morgan fingerprint density at radius 2 is 1.62 bits per heavy atom. The normalized spacial score (nSPS) is 35.1. The highest BCUT2D eigenvalue weighted by Crippen LogP contribution is 2.35. The Kier molecular flexibility index (Phi) is 4.10. The van der Waals surface area contributed by atoms with Gasteiger partial charge in [-0.2, -0.15) is 0 Å². The number of hydrogen-bond donors (Lipinski definition) is 1. The van der Waals surface area contributed by atoms with E-state index in [9.17, 15) is 18.6 Å². The van der Waals surface area contributed by atoms with Crippen LogP contribution in [0.25, 0.3) is 0 Å². The molecule has 0 radical (unpaired) electrons. The van der Waals surface area contributed by atoms with E-state index in [-0.39, 0.29) is 17.9 Å².